The molecule has 0 atom stereocenters. The largest absolute Gasteiger partial charge is 0.383 e. The van der Waals surface area contributed by atoms with Crippen molar-refractivity contribution < 1.29 is 9.53 Å². The van der Waals surface area contributed by atoms with Crippen molar-refractivity contribution in [2.75, 3.05) is 40.9 Å². The average Bonchev–Trinajstić information content (AvgIpc) is 2.95. The Bertz CT molecular complexity index is 647. The van der Waals surface area contributed by atoms with E-state index in [0.29, 0.717) is 25.5 Å². The van der Waals surface area contributed by atoms with Crippen molar-refractivity contribution in [3.05, 3.63) is 17.0 Å². The summed E-state index contributed by atoms with van der Waals surface area (Å²) in [5.41, 5.74) is 3.41. The molecule has 152 valence electrons. The molecule has 1 aromatic heterocycles. The van der Waals surface area contributed by atoms with Crippen molar-refractivity contribution in [1.29, 1.82) is 0 Å². The first-order valence-electron chi connectivity index (χ1n) is 9.68. The highest BCUT2D eigenvalue weighted by atomic mass is 16.5. The number of aryl methyl sites for hydroxylation is 1. The third-order valence-corrected chi connectivity index (χ3v) is 5.34. The van der Waals surface area contributed by atoms with E-state index in [0.717, 1.165) is 49.8 Å². The first kappa shape index (κ1) is 21.2. The lowest BCUT2D eigenvalue weighted by atomic mass is 9.93. The molecule has 0 spiro atoms. The first-order valence-corrected chi connectivity index (χ1v) is 9.68. The van der Waals surface area contributed by atoms with Crippen LogP contribution in [0.15, 0.2) is 4.99 Å². The molecular weight excluding hydrogens is 344 g/mol. The Hall–Kier alpha value is -2.09. The summed E-state index contributed by atoms with van der Waals surface area (Å²) in [5.74, 6) is 1.51. The van der Waals surface area contributed by atoms with E-state index >= 15 is 0 Å². The summed E-state index contributed by atoms with van der Waals surface area (Å²) in [7, 11) is 5.22. The maximum absolute atomic E-state index is 11.6. The average molecular weight is 379 g/mol. The minimum Gasteiger partial charge on any atom is -0.383 e. The van der Waals surface area contributed by atoms with Crippen LogP contribution in [0.2, 0.25) is 0 Å². The third kappa shape index (κ3) is 5.69. The van der Waals surface area contributed by atoms with Crippen LogP contribution >= 0.6 is 0 Å². The minimum absolute atomic E-state index is 0.132. The summed E-state index contributed by atoms with van der Waals surface area (Å²) < 4.78 is 7.16. The van der Waals surface area contributed by atoms with Crippen molar-refractivity contribution in [2.24, 2.45) is 10.9 Å². The predicted octanol–water partition coefficient (Wildman–Crippen LogP) is 1.07. The fraction of sp³-hybridized carbons (Fsp3) is 0.737. The summed E-state index contributed by atoms with van der Waals surface area (Å²) in [6, 6.07) is 0. The number of methoxy groups -OCH3 is 1. The topological polar surface area (TPSA) is 83.8 Å². The van der Waals surface area contributed by atoms with E-state index in [1.807, 2.05) is 18.7 Å². The first-order chi connectivity index (χ1) is 13.0. The molecule has 0 radical (unpaired) electrons. The zero-order valence-electron chi connectivity index (χ0n) is 17.3. The van der Waals surface area contributed by atoms with E-state index in [-0.39, 0.29) is 5.91 Å². The van der Waals surface area contributed by atoms with Gasteiger partial charge in [-0.1, -0.05) is 0 Å². The lowest BCUT2D eigenvalue weighted by Gasteiger charge is -2.34. The van der Waals surface area contributed by atoms with E-state index in [2.05, 4.69) is 32.5 Å². The Labute approximate surface area is 162 Å². The molecule has 0 aliphatic carbocycles. The van der Waals surface area contributed by atoms with Gasteiger partial charge in [0.1, 0.15) is 0 Å². The van der Waals surface area contributed by atoms with Crippen LogP contribution in [-0.2, 0) is 22.6 Å². The number of hydrogen-bond acceptors (Lipinski definition) is 4. The van der Waals surface area contributed by atoms with Crippen molar-refractivity contribution in [3.63, 3.8) is 0 Å². The van der Waals surface area contributed by atoms with Crippen LogP contribution < -0.4 is 10.6 Å². The van der Waals surface area contributed by atoms with Crippen LogP contribution in [0.4, 0.5) is 0 Å². The van der Waals surface area contributed by atoms with Gasteiger partial charge in [0, 0.05) is 58.5 Å². The van der Waals surface area contributed by atoms with Gasteiger partial charge in [-0.05, 0) is 32.6 Å². The van der Waals surface area contributed by atoms with Gasteiger partial charge >= 0.3 is 0 Å². The van der Waals surface area contributed by atoms with Crippen LogP contribution in [-0.4, -0.2) is 67.4 Å². The molecule has 1 aromatic rings. The van der Waals surface area contributed by atoms with Crippen molar-refractivity contribution in [2.45, 2.75) is 46.2 Å². The highest BCUT2D eigenvalue weighted by Gasteiger charge is 2.23. The fourth-order valence-electron chi connectivity index (χ4n) is 3.60. The van der Waals surface area contributed by atoms with Crippen molar-refractivity contribution in [3.8, 4) is 0 Å². The molecule has 1 saturated heterocycles. The molecule has 2 rings (SSSR count). The van der Waals surface area contributed by atoms with Gasteiger partial charge in [0.05, 0.1) is 18.8 Å². The van der Waals surface area contributed by atoms with Crippen LogP contribution in [0.1, 0.15) is 36.2 Å². The lowest BCUT2D eigenvalue weighted by molar-refractivity contribution is -0.121. The van der Waals surface area contributed by atoms with E-state index < -0.39 is 0 Å². The van der Waals surface area contributed by atoms with E-state index in [4.69, 9.17) is 4.74 Å². The Balaban J connectivity index is 1.90. The molecule has 0 saturated carbocycles. The number of carbonyl (C=O) groups excluding carboxylic acids is 1. The van der Waals surface area contributed by atoms with Crippen molar-refractivity contribution in [1.82, 2.24) is 25.3 Å². The maximum atomic E-state index is 11.6. The quantitative estimate of drug-likeness (QED) is 0.548. The summed E-state index contributed by atoms with van der Waals surface area (Å²) >= 11 is 0. The predicted molar refractivity (Wildman–Crippen MR) is 107 cm³/mol. The molecule has 2 heterocycles. The maximum Gasteiger partial charge on any atom is 0.220 e. The van der Waals surface area contributed by atoms with Crippen LogP contribution in [0.25, 0.3) is 0 Å². The number of likely N-dealkylation sites (tertiary alicyclic amines) is 1. The molecule has 1 aliphatic heterocycles. The van der Waals surface area contributed by atoms with Crippen LogP contribution in [0.3, 0.4) is 0 Å². The number of ether oxygens (including phenoxy) is 1. The number of amides is 1. The van der Waals surface area contributed by atoms with Crippen molar-refractivity contribution >= 4 is 11.9 Å². The molecule has 2 N–H and O–H groups in total. The van der Waals surface area contributed by atoms with E-state index in [1.165, 1.54) is 5.56 Å². The molecule has 0 bridgehead atoms. The smallest absolute Gasteiger partial charge is 0.220 e. The lowest BCUT2D eigenvalue weighted by Crippen LogP contribution is -2.45. The molecular formula is C19H34N6O2. The molecule has 27 heavy (non-hydrogen) atoms. The van der Waals surface area contributed by atoms with Gasteiger partial charge in [-0.2, -0.15) is 5.10 Å². The molecule has 0 unspecified atom stereocenters. The number of carbonyl (C=O) groups is 1. The van der Waals surface area contributed by atoms with E-state index in [9.17, 15) is 4.79 Å². The second kappa shape index (κ2) is 10.3. The Morgan fingerprint density at radius 1 is 1.33 bits per heavy atom. The fourth-order valence-corrected chi connectivity index (χ4v) is 3.60. The molecule has 8 heteroatoms. The number of piperidine rings is 1. The number of aromatic nitrogens is 2. The van der Waals surface area contributed by atoms with Gasteiger partial charge in [-0.3, -0.25) is 14.5 Å². The summed E-state index contributed by atoms with van der Waals surface area (Å²) in [4.78, 5) is 18.3. The highest BCUT2D eigenvalue weighted by molar-refractivity contribution is 5.80. The molecule has 1 aliphatic rings. The number of guanidine groups is 1. The van der Waals surface area contributed by atoms with E-state index in [1.54, 1.807) is 14.2 Å². The highest BCUT2D eigenvalue weighted by Crippen LogP contribution is 2.20. The van der Waals surface area contributed by atoms with Gasteiger partial charge in [0.2, 0.25) is 5.91 Å². The number of aliphatic imine (C=N–C) groups is 1. The summed E-state index contributed by atoms with van der Waals surface area (Å²) in [6.45, 7) is 8.10. The molecule has 8 nitrogen and oxygen atoms in total. The summed E-state index contributed by atoms with van der Waals surface area (Å²) in [5, 5.41) is 10.8. The van der Waals surface area contributed by atoms with Crippen LogP contribution in [0.5, 0.6) is 0 Å². The van der Waals surface area contributed by atoms with Gasteiger partial charge in [-0.25, -0.2) is 0 Å². The standard InChI is InChI=1S/C19H34N6O2/c1-14-17(15(2)25(23-14)10-11-27-5)13-22-19(21-4)24-8-6-16(7-9-24)12-18(26)20-3/h16H,6-13H2,1-5H3,(H,20,26)(H,21,22). The van der Waals surface area contributed by atoms with Gasteiger partial charge in [-0.15, -0.1) is 0 Å². The zero-order valence-corrected chi connectivity index (χ0v) is 17.3. The number of nitrogens with zero attached hydrogens (tertiary/aromatic N) is 4. The number of hydrogen-bond donors (Lipinski definition) is 2. The van der Waals surface area contributed by atoms with Gasteiger partial charge < -0.3 is 20.3 Å². The second-order valence-corrected chi connectivity index (χ2v) is 7.07. The molecule has 1 amide bonds. The minimum atomic E-state index is 0.132. The summed E-state index contributed by atoms with van der Waals surface area (Å²) in [6.07, 6.45) is 2.65. The zero-order chi connectivity index (χ0) is 19.8. The monoisotopic (exact) mass is 378 g/mol. The molecule has 0 aromatic carbocycles. The Morgan fingerprint density at radius 3 is 2.63 bits per heavy atom. The Morgan fingerprint density at radius 2 is 2.04 bits per heavy atom. The second-order valence-electron chi connectivity index (χ2n) is 7.07. The normalized spacial score (nSPS) is 15.9. The van der Waals surface area contributed by atoms with Gasteiger partial charge in [0.15, 0.2) is 5.96 Å². The Kier molecular flexibility index (Phi) is 8.09. The van der Waals surface area contributed by atoms with Gasteiger partial charge in [0.25, 0.3) is 0 Å². The molecule has 1 fully saturated rings. The number of rotatable bonds is 7. The van der Waals surface area contributed by atoms with Crippen LogP contribution in [0, 0.1) is 19.8 Å². The SMILES string of the molecule is CN=C(NCc1c(C)nn(CCOC)c1C)N1CCC(CC(=O)NC)CC1. The number of nitrogens with one attached hydrogen (secondary N) is 2. The third-order valence-electron chi connectivity index (χ3n) is 5.34.